The van der Waals surface area contributed by atoms with Gasteiger partial charge in [0.1, 0.15) is 11.2 Å². The van der Waals surface area contributed by atoms with E-state index in [-0.39, 0.29) is 0 Å². The van der Waals surface area contributed by atoms with Crippen molar-refractivity contribution < 1.29 is 4.42 Å². The number of benzene rings is 10. The van der Waals surface area contributed by atoms with E-state index in [1.54, 1.807) is 0 Å². The van der Waals surface area contributed by atoms with E-state index < -0.39 is 5.41 Å². The Hall–Kier alpha value is -7.94. The summed E-state index contributed by atoms with van der Waals surface area (Å²) in [6.07, 6.45) is 0. The Labute approximate surface area is 355 Å². The van der Waals surface area contributed by atoms with Crippen LogP contribution in [0.4, 0.5) is 17.1 Å². The Kier molecular flexibility index (Phi) is 8.11. The van der Waals surface area contributed by atoms with Crippen LogP contribution in [-0.4, -0.2) is 0 Å². The number of para-hydroxylation sites is 3. The molecule has 0 atom stereocenters. The molecule has 61 heavy (non-hydrogen) atoms. The summed E-state index contributed by atoms with van der Waals surface area (Å²) < 4.78 is 6.70. The van der Waals surface area contributed by atoms with Crippen LogP contribution in [0.5, 0.6) is 0 Å². The fourth-order valence-corrected chi connectivity index (χ4v) is 10.0. The van der Waals surface area contributed by atoms with Crippen LogP contribution in [-0.2, 0) is 5.41 Å². The van der Waals surface area contributed by atoms with Crippen LogP contribution in [0.25, 0.3) is 66.1 Å². The molecule has 286 valence electrons. The molecule has 1 aromatic heterocycles. The summed E-state index contributed by atoms with van der Waals surface area (Å²) in [4.78, 5) is 2.45. The number of hydrogen-bond acceptors (Lipinski definition) is 2. The third-order valence-corrected chi connectivity index (χ3v) is 12.7. The van der Waals surface area contributed by atoms with Crippen LogP contribution >= 0.6 is 0 Å². The molecule has 10 aromatic carbocycles. The Morgan fingerprint density at radius 2 is 0.951 bits per heavy atom. The van der Waals surface area contributed by atoms with Gasteiger partial charge in [-0.1, -0.05) is 194 Å². The van der Waals surface area contributed by atoms with Crippen LogP contribution in [0.3, 0.4) is 0 Å². The number of nitrogens with zero attached hydrogens (tertiary/aromatic N) is 1. The Morgan fingerprint density at radius 3 is 1.79 bits per heavy atom. The summed E-state index contributed by atoms with van der Waals surface area (Å²) in [5.41, 5.74) is 16.5. The molecule has 0 bridgehead atoms. The predicted molar refractivity (Wildman–Crippen MR) is 254 cm³/mol. The third-order valence-electron chi connectivity index (χ3n) is 12.7. The maximum Gasteiger partial charge on any atom is 0.143 e. The molecule has 0 unspecified atom stereocenters. The topological polar surface area (TPSA) is 16.4 Å². The van der Waals surface area contributed by atoms with E-state index in [2.05, 4.69) is 235 Å². The molecule has 0 fully saturated rings. The van der Waals surface area contributed by atoms with Crippen molar-refractivity contribution in [2.45, 2.75) is 5.41 Å². The van der Waals surface area contributed by atoms with Gasteiger partial charge in [0, 0.05) is 33.3 Å². The molecule has 1 heterocycles. The van der Waals surface area contributed by atoms with E-state index in [4.69, 9.17) is 4.42 Å². The first kappa shape index (κ1) is 35.0. The summed E-state index contributed by atoms with van der Waals surface area (Å²) in [6, 6.07) is 86.1. The molecule has 0 spiro atoms. The van der Waals surface area contributed by atoms with Gasteiger partial charge in [0.2, 0.25) is 0 Å². The standard InChI is InChI=1S/C59H39NO/c1-3-20-44(21-4-1)59(45-22-5-2-6-23-45)54-30-12-9-25-48(54)49-36-35-47(39-55(49)59)60(46-24-15-19-42(38-46)43-34-33-40-17-7-8-18-41(40)37-43)56-31-13-10-26-50(56)52-28-16-29-53-51-27-11-14-32-57(51)61-58(52)53/h1-39H. The van der Waals surface area contributed by atoms with Crippen LogP contribution in [0, 0.1) is 0 Å². The van der Waals surface area contributed by atoms with Gasteiger partial charge >= 0.3 is 0 Å². The maximum atomic E-state index is 6.70. The molecule has 0 radical (unpaired) electrons. The SMILES string of the molecule is c1ccc(C2(c3ccccc3)c3ccccc3-c3ccc(N(c4cccc(-c5ccc6ccccc6c5)c4)c4ccccc4-c4cccc5c4oc4ccccc45)cc32)cc1. The number of rotatable bonds is 7. The Bertz CT molecular complexity index is 3400. The fourth-order valence-electron chi connectivity index (χ4n) is 10.0. The first-order valence-electron chi connectivity index (χ1n) is 21.0. The highest BCUT2D eigenvalue weighted by Crippen LogP contribution is 2.57. The zero-order valence-corrected chi connectivity index (χ0v) is 33.4. The molecule has 1 aliphatic rings. The quantitative estimate of drug-likeness (QED) is 0.160. The van der Waals surface area contributed by atoms with E-state index in [0.29, 0.717) is 0 Å². The molecular weight excluding hydrogens is 739 g/mol. The lowest BCUT2D eigenvalue weighted by atomic mass is 9.67. The molecule has 0 aliphatic heterocycles. The van der Waals surface area contributed by atoms with Gasteiger partial charge in [-0.05, 0) is 97.7 Å². The third kappa shape index (κ3) is 5.50. The minimum atomic E-state index is -0.539. The molecule has 0 amide bonds. The maximum absolute atomic E-state index is 6.70. The molecule has 0 saturated carbocycles. The molecule has 0 N–H and O–H groups in total. The van der Waals surface area contributed by atoms with Crippen LogP contribution in [0.2, 0.25) is 0 Å². The monoisotopic (exact) mass is 777 g/mol. The Balaban J connectivity index is 1.13. The lowest BCUT2D eigenvalue weighted by Crippen LogP contribution is -2.28. The molecular formula is C59H39NO. The summed E-state index contributed by atoms with van der Waals surface area (Å²) in [6.45, 7) is 0. The molecule has 1 aliphatic carbocycles. The summed E-state index contributed by atoms with van der Waals surface area (Å²) >= 11 is 0. The molecule has 2 nitrogen and oxygen atoms in total. The van der Waals surface area contributed by atoms with Gasteiger partial charge in [-0.3, -0.25) is 0 Å². The van der Waals surface area contributed by atoms with E-state index in [9.17, 15) is 0 Å². The van der Waals surface area contributed by atoms with E-state index >= 15 is 0 Å². The number of furan rings is 1. The average molecular weight is 778 g/mol. The number of hydrogen-bond donors (Lipinski definition) is 0. The van der Waals surface area contributed by atoms with Crippen molar-refractivity contribution in [3.8, 4) is 33.4 Å². The highest BCUT2D eigenvalue weighted by Gasteiger charge is 2.46. The van der Waals surface area contributed by atoms with Crippen molar-refractivity contribution in [3.05, 3.63) is 259 Å². The fraction of sp³-hybridized carbons (Fsp3) is 0.0169. The van der Waals surface area contributed by atoms with E-state index in [1.165, 1.54) is 49.7 Å². The van der Waals surface area contributed by atoms with Crippen molar-refractivity contribution in [1.82, 2.24) is 0 Å². The molecule has 11 aromatic rings. The van der Waals surface area contributed by atoms with Crippen molar-refractivity contribution in [1.29, 1.82) is 0 Å². The van der Waals surface area contributed by atoms with Crippen molar-refractivity contribution >= 4 is 49.8 Å². The van der Waals surface area contributed by atoms with Gasteiger partial charge in [0.25, 0.3) is 0 Å². The van der Waals surface area contributed by atoms with Gasteiger partial charge in [0.05, 0.1) is 11.1 Å². The minimum Gasteiger partial charge on any atom is -0.455 e. The predicted octanol–water partition coefficient (Wildman–Crippen LogP) is 15.9. The van der Waals surface area contributed by atoms with Gasteiger partial charge in [-0.2, -0.15) is 0 Å². The van der Waals surface area contributed by atoms with Crippen LogP contribution in [0.1, 0.15) is 22.3 Å². The number of anilines is 3. The first-order valence-corrected chi connectivity index (χ1v) is 21.0. The van der Waals surface area contributed by atoms with Crippen molar-refractivity contribution in [2.24, 2.45) is 0 Å². The lowest BCUT2D eigenvalue weighted by molar-refractivity contribution is 0.670. The minimum absolute atomic E-state index is 0.539. The molecule has 12 rings (SSSR count). The molecule has 2 heteroatoms. The van der Waals surface area contributed by atoms with Crippen LogP contribution < -0.4 is 4.90 Å². The zero-order chi connectivity index (χ0) is 40.3. The summed E-state index contributed by atoms with van der Waals surface area (Å²) in [5, 5.41) is 4.69. The largest absolute Gasteiger partial charge is 0.455 e. The first-order chi connectivity index (χ1) is 30.3. The van der Waals surface area contributed by atoms with Crippen LogP contribution in [0.15, 0.2) is 241 Å². The van der Waals surface area contributed by atoms with Gasteiger partial charge in [-0.15, -0.1) is 0 Å². The van der Waals surface area contributed by atoms with Crippen molar-refractivity contribution in [3.63, 3.8) is 0 Å². The Morgan fingerprint density at radius 1 is 0.344 bits per heavy atom. The zero-order valence-electron chi connectivity index (χ0n) is 33.4. The normalized spacial score (nSPS) is 12.7. The second-order valence-corrected chi connectivity index (χ2v) is 16.0. The smallest absolute Gasteiger partial charge is 0.143 e. The van der Waals surface area contributed by atoms with E-state index in [0.717, 1.165) is 55.7 Å². The van der Waals surface area contributed by atoms with Gasteiger partial charge in [-0.25, -0.2) is 0 Å². The number of fused-ring (bicyclic) bond motifs is 7. The van der Waals surface area contributed by atoms with Gasteiger partial charge in [0.15, 0.2) is 0 Å². The summed E-state index contributed by atoms with van der Waals surface area (Å²) in [5.74, 6) is 0. The average Bonchev–Trinajstić information content (AvgIpc) is 3.86. The highest BCUT2D eigenvalue weighted by molar-refractivity contribution is 6.11. The second kappa shape index (κ2) is 14.1. The van der Waals surface area contributed by atoms with E-state index in [1.807, 2.05) is 6.07 Å². The van der Waals surface area contributed by atoms with Gasteiger partial charge < -0.3 is 9.32 Å². The highest BCUT2D eigenvalue weighted by atomic mass is 16.3. The van der Waals surface area contributed by atoms with Crippen molar-refractivity contribution in [2.75, 3.05) is 4.90 Å². The summed E-state index contributed by atoms with van der Waals surface area (Å²) in [7, 11) is 0. The second-order valence-electron chi connectivity index (χ2n) is 16.0. The lowest BCUT2D eigenvalue weighted by Gasteiger charge is -2.35. The molecule has 0 saturated heterocycles.